The number of benzene rings is 1. The maximum absolute atomic E-state index is 12.3. The van der Waals surface area contributed by atoms with E-state index in [-0.39, 0.29) is 11.9 Å². The van der Waals surface area contributed by atoms with Crippen LogP contribution in [-0.4, -0.2) is 29.4 Å². The van der Waals surface area contributed by atoms with Crippen LogP contribution in [0.2, 0.25) is 0 Å². The molecule has 0 bridgehead atoms. The minimum atomic E-state index is -0.499. The molecular formula is C17H19N3O2S. The van der Waals surface area contributed by atoms with E-state index in [1.165, 1.54) is 10.4 Å². The predicted octanol–water partition coefficient (Wildman–Crippen LogP) is 2.84. The van der Waals surface area contributed by atoms with Crippen LogP contribution >= 0.6 is 11.3 Å². The number of rotatable bonds is 3. The summed E-state index contributed by atoms with van der Waals surface area (Å²) in [5, 5.41) is 7.16. The van der Waals surface area contributed by atoms with Crippen molar-refractivity contribution in [3.8, 4) is 0 Å². The molecule has 3 rings (SSSR count). The Morgan fingerprint density at radius 3 is 2.78 bits per heavy atom. The number of fused-ring (bicyclic) bond motifs is 1. The van der Waals surface area contributed by atoms with Crippen LogP contribution in [-0.2, 0) is 17.8 Å². The smallest absolute Gasteiger partial charge is 0.308 e. The van der Waals surface area contributed by atoms with Gasteiger partial charge in [-0.3, -0.25) is 15.0 Å². The first kappa shape index (κ1) is 15.7. The first-order valence-corrected chi connectivity index (χ1v) is 8.47. The van der Waals surface area contributed by atoms with Gasteiger partial charge >= 0.3 is 6.03 Å². The van der Waals surface area contributed by atoms with Crippen LogP contribution in [0.3, 0.4) is 0 Å². The SMILES string of the molecule is C[C@@H](C(=O)NC(=O)Nc1ccccc1)N1CCc2sccc2C1. The topological polar surface area (TPSA) is 61.4 Å². The second kappa shape index (κ2) is 6.93. The highest BCUT2D eigenvalue weighted by molar-refractivity contribution is 7.10. The van der Waals surface area contributed by atoms with Crippen molar-refractivity contribution >= 4 is 29.0 Å². The Hall–Kier alpha value is -2.18. The molecule has 5 nitrogen and oxygen atoms in total. The molecule has 6 heteroatoms. The minimum Gasteiger partial charge on any atom is -0.308 e. The number of hydrogen-bond acceptors (Lipinski definition) is 4. The summed E-state index contributed by atoms with van der Waals surface area (Å²) >= 11 is 1.77. The highest BCUT2D eigenvalue weighted by atomic mass is 32.1. The molecule has 0 aliphatic carbocycles. The number of hydrogen-bond donors (Lipinski definition) is 2. The average molecular weight is 329 g/mol. The standard InChI is InChI=1S/C17H19N3O2S/c1-12(20-9-7-15-13(11-20)8-10-23-15)16(21)19-17(22)18-14-5-3-2-4-6-14/h2-6,8,10,12H,7,9,11H2,1H3,(H2,18,19,21,22)/t12-/m0/s1. The lowest BCUT2D eigenvalue weighted by molar-refractivity contribution is -0.125. The molecule has 120 valence electrons. The van der Waals surface area contributed by atoms with Crippen LogP contribution in [0, 0.1) is 0 Å². The Labute approximate surface area is 139 Å². The van der Waals surface area contributed by atoms with Gasteiger partial charge < -0.3 is 5.32 Å². The molecule has 2 aromatic rings. The zero-order valence-corrected chi connectivity index (χ0v) is 13.7. The minimum absolute atomic E-state index is 0.280. The van der Waals surface area contributed by atoms with Crippen molar-refractivity contribution in [3.63, 3.8) is 0 Å². The number of nitrogens with zero attached hydrogens (tertiary/aromatic N) is 1. The van der Waals surface area contributed by atoms with Crippen LogP contribution in [0.1, 0.15) is 17.4 Å². The molecule has 0 fully saturated rings. The van der Waals surface area contributed by atoms with Crippen molar-refractivity contribution in [1.82, 2.24) is 10.2 Å². The summed E-state index contributed by atoms with van der Waals surface area (Å²) in [6.45, 7) is 3.43. The second-order valence-electron chi connectivity index (χ2n) is 5.57. The zero-order chi connectivity index (χ0) is 16.2. The first-order chi connectivity index (χ1) is 11.1. The third-order valence-corrected chi connectivity index (χ3v) is 5.06. The summed E-state index contributed by atoms with van der Waals surface area (Å²) in [5.74, 6) is -0.280. The molecule has 0 spiro atoms. The van der Waals surface area contributed by atoms with Gasteiger partial charge in [0.25, 0.3) is 0 Å². The van der Waals surface area contributed by atoms with Gasteiger partial charge in [0.15, 0.2) is 0 Å². The molecule has 1 aromatic heterocycles. The molecule has 1 aliphatic rings. The molecule has 0 saturated heterocycles. The summed E-state index contributed by atoms with van der Waals surface area (Å²) in [4.78, 5) is 27.7. The largest absolute Gasteiger partial charge is 0.325 e. The van der Waals surface area contributed by atoms with Crippen LogP contribution in [0.15, 0.2) is 41.8 Å². The Kier molecular flexibility index (Phi) is 4.73. The molecule has 0 saturated carbocycles. The lowest BCUT2D eigenvalue weighted by Gasteiger charge is -2.31. The first-order valence-electron chi connectivity index (χ1n) is 7.59. The molecule has 3 amide bonds. The van der Waals surface area contributed by atoms with Gasteiger partial charge in [-0.1, -0.05) is 18.2 Å². The van der Waals surface area contributed by atoms with E-state index in [0.29, 0.717) is 5.69 Å². The van der Waals surface area contributed by atoms with Gasteiger partial charge in [0.1, 0.15) is 0 Å². The quantitative estimate of drug-likeness (QED) is 0.910. The predicted molar refractivity (Wildman–Crippen MR) is 91.5 cm³/mol. The number of carbonyl (C=O) groups excluding carboxylic acids is 2. The Bertz CT molecular complexity index is 699. The molecule has 2 N–H and O–H groups in total. The molecule has 0 radical (unpaired) electrons. The molecule has 23 heavy (non-hydrogen) atoms. The molecule has 0 unspecified atom stereocenters. The number of carbonyl (C=O) groups is 2. The summed E-state index contributed by atoms with van der Waals surface area (Å²) < 4.78 is 0. The number of nitrogens with one attached hydrogen (secondary N) is 2. The van der Waals surface area contributed by atoms with Crippen molar-refractivity contribution in [2.75, 3.05) is 11.9 Å². The van der Waals surface area contributed by atoms with Crippen LogP contribution in [0.25, 0.3) is 0 Å². The normalized spacial score (nSPS) is 15.5. The van der Waals surface area contributed by atoms with Gasteiger partial charge in [0.05, 0.1) is 6.04 Å². The van der Waals surface area contributed by atoms with E-state index in [9.17, 15) is 9.59 Å². The third kappa shape index (κ3) is 3.78. The van der Waals surface area contributed by atoms with Crippen LogP contribution in [0.4, 0.5) is 10.5 Å². The van der Waals surface area contributed by atoms with E-state index in [0.717, 1.165) is 19.5 Å². The van der Waals surface area contributed by atoms with Gasteiger partial charge in [0.2, 0.25) is 5.91 Å². The Morgan fingerprint density at radius 2 is 2.00 bits per heavy atom. The van der Waals surface area contributed by atoms with Gasteiger partial charge in [-0.2, -0.15) is 0 Å². The summed E-state index contributed by atoms with van der Waals surface area (Å²) in [5.41, 5.74) is 1.95. The Balaban J connectivity index is 1.55. The van der Waals surface area contributed by atoms with Crippen LogP contribution < -0.4 is 10.6 Å². The fourth-order valence-electron chi connectivity index (χ4n) is 2.67. The zero-order valence-electron chi connectivity index (χ0n) is 12.9. The van der Waals surface area contributed by atoms with Gasteiger partial charge in [0, 0.05) is 23.7 Å². The Morgan fingerprint density at radius 1 is 1.22 bits per heavy atom. The molecule has 2 heterocycles. The summed E-state index contributed by atoms with van der Waals surface area (Å²) in [6.07, 6.45) is 0.959. The van der Waals surface area contributed by atoms with Gasteiger partial charge in [-0.15, -0.1) is 11.3 Å². The van der Waals surface area contributed by atoms with Crippen molar-refractivity contribution < 1.29 is 9.59 Å². The van der Waals surface area contributed by atoms with E-state index in [2.05, 4.69) is 27.0 Å². The van der Waals surface area contributed by atoms with Crippen molar-refractivity contribution in [2.24, 2.45) is 0 Å². The van der Waals surface area contributed by atoms with Crippen molar-refractivity contribution in [3.05, 3.63) is 52.2 Å². The number of anilines is 1. The number of imide groups is 1. The van der Waals surface area contributed by atoms with E-state index in [4.69, 9.17) is 0 Å². The summed E-state index contributed by atoms with van der Waals surface area (Å²) in [7, 11) is 0. The number of para-hydroxylation sites is 1. The highest BCUT2D eigenvalue weighted by Crippen LogP contribution is 2.25. The van der Waals surface area contributed by atoms with Gasteiger partial charge in [-0.25, -0.2) is 4.79 Å². The average Bonchev–Trinajstić information content (AvgIpc) is 3.02. The monoisotopic (exact) mass is 329 g/mol. The van der Waals surface area contributed by atoms with Crippen molar-refractivity contribution in [1.29, 1.82) is 0 Å². The van der Waals surface area contributed by atoms with Gasteiger partial charge in [-0.05, 0) is 42.5 Å². The summed E-state index contributed by atoms with van der Waals surface area (Å²) in [6, 6.07) is 10.3. The molecule has 1 aromatic carbocycles. The maximum Gasteiger partial charge on any atom is 0.325 e. The number of urea groups is 1. The van der Waals surface area contributed by atoms with E-state index >= 15 is 0 Å². The lowest BCUT2D eigenvalue weighted by atomic mass is 10.1. The molecular weight excluding hydrogens is 310 g/mol. The van der Waals surface area contributed by atoms with E-state index in [1.54, 1.807) is 23.5 Å². The third-order valence-electron chi connectivity index (χ3n) is 4.03. The number of amides is 3. The molecule has 1 atom stereocenters. The molecule has 1 aliphatic heterocycles. The second-order valence-corrected chi connectivity index (χ2v) is 6.58. The fourth-order valence-corrected chi connectivity index (χ4v) is 3.56. The van der Waals surface area contributed by atoms with E-state index < -0.39 is 6.03 Å². The number of thiophene rings is 1. The van der Waals surface area contributed by atoms with Crippen molar-refractivity contribution in [2.45, 2.75) is 25.9 Å². The highest BCUT2D eigenvalue weighted by Gasteiger charge is 2.26. The lowest BCUT2D eigenvalue weighted by Crippen LogP contribution is -2.49. The fraction of sp³-hybridized carbons (Fsp3) is 0.294. The van der Waals surface area contributed by atoms with Crippen LogP contribution in [0.5, 0.6) is 0 Å². The maximum atomic E-state index is 12.3. The van der Waals surface area contributed by atoms with E-state index in [1.807, 2.05) is 25.1 Å².